The lowest BCUT2D eigenvalue weighted by Crippen LogP contribution is -2.47. The van der Waals surface area contributed by atoms with Crippen LogP contribution in [0, 0.1) is 11.7 Å². The van der Waals surface area contributed by atoms with E-state index in [1.54, 1.807) is 4.90 Å². The van der Waals surface area contributed by atoms with Crippen molar-refractivity contribution >= 4 is 23.4 Å². The molecule has 1 saturated heterocycles. The van der Waals surface area contributed by atoms with E-state index in [1.807, 2.05) is 6.26 Å². The summed E-state index contributed by atoms with van der Waals surface area (Å²) in [6, 6.07) is 2.91. The van der Waals surface area contributed by atoms with Crippen molar-refractivity contribution in [2.75, 3.05) is 49.6 Å². The summed E-state index contributed by atoms with van der Waals surface area (Å²) in [6.45, 7) is 3.43. The van der Waals surface area contributed by atoms with Crippen LogP contribution in [0.25, 0.3) is 0 Å². The fraction of sp³-hybridized carbons (Fsp3) is 0.682. The van der Waals surface area contributed by atoms with E-state index in [4.69, 9.17) is 0 Å². The third-order valence-corrected chi connectivity index (χ3v) is 6.88. The van der Waals surface area contributed by atoms with Gasteiger partial charge in [0.05, 0.1) is 17.0 Å². The molecule has 0 bridgehead atoms. The van der Waals surface area contributed by atoms with Crippen LogP contribution in [0.15, 0.2) is 18.2 Å². The number of hydrogen-bond donors (Lipinski definition) is 1. The van der Waals surface area contributed by atoms with Crippen molar-refractivity contribution in [1.29, 1.82) is 0 Å². The molecule has 4 nitrogen and oxygen atoms in total. The zero-order chi connectivity index (χ0) is 22.4. The molecule has 0 atom stereocenters. The normalized spacial score (nSPS) is 23.1. The number of hydrogen-bond acceptors (Lipinski definition) is 4. The van der Waals surface area contributed by atoms with Gasteiger partial charge in [-0.05, 0) is 69.0 Å². The average Bonchev–Trinajstić information content (AvgIpc) is 2.73. The molecule has 31 heavy (non-hydrogen) atoms. The first-order chi connectivity index (χ1) is 14.8. The van der Waals surface area contributed by atoms with Crippen molar-refractivity contribution in [3.63, 3.8) is 0 Å². The topological polar surface area (TPSA) is 35.6 Å². The molecule has 1 amide bonds. The molecule has 1 aliphatic heterocycles. The lowest BCUT2D eigenvalue weighted by molar-refractivity contribution is -0.137. The zero-order valence-corrected chi connectivity index (χ0v) is 18.7. The van der Waals surface area contributed by atoms with E-state index >= 15 is 0 Å². The molecule has 1 heterocycles. The minimum absolute atomic E-state index is 0.0383. The van der Waals surface area contributed by atoms with Gasteiger partial charge in [0.15, 0.2) is 0 Å². The van der Waals surface area contributed by atoms with Crippen molar-refractivity contribution in [1.82, 2.24) is 10.2 Å². The molecule has 1 aliphatic carbocycles. The number of carbonyl (C=O) groups excluding carboxylic acids is 1. The van der Waals surface area contributed by atoms with Crippen LogP contribution in [-0.4, -0.2) is 61.6 Å². The number of carbonyl (C=O) groups is 1. The van der Waals surface area contributed by atoms with Crippen LogP contribution in [0.3, 0.4) is 0 Å². The Bertz CT molecular complexity index is 730. The molecule has 0 unspecified atom stereocenters. The van der Waals surface area contributed by atoms with E-state index in [0.717, 1.165) is 69.9 Å². The summed E-state index contributed by atoms with van der Waals surface area (Å²) < 4.78 is 53.0. The van der Waals surface area contributed by atoms with Crippen LogP contribution >= 0.6 is 11.8 Å². The highest BCUT2D eigenvalue weighted by Gasteiger charge is 2.32. The number of anilines is 1. The van der Waals surface area contributed by atoms with Gasteiger partial charge in [-0.3, -0.25) is 9.69 Å². The fourth-order valence-electron chi connectivity index (χ4n) is 4.50. The standard InChI is InChI=1S/C22H31F4N3OS/c1-31-15-21(30)27-18-5-2-16(3-6-18)8-9-28-10-12-29(13-11-28)20-14-17(22(24,25)26)4-7-19(20)23/h4,7,14,16,18H,2-3,5-6,8-13,15H2,1H3,(H,27,30). The Morgan fingerprint density at radius 2 is 1.81 bits per heavy atom. The quantitative estimate of drug-likeness (QED) is 0.611. The highest BCUT2D eigenvalue weighted by atomic mass is 32.2. The van der Waals surface area contributed by atoms with E-state index < -0.39 is 17.6 Å². The summed E-state index contributed by atoms with van der Waals surface area (Å²) in [5.41, 5.74) is -0.775. The maximum Gasteiger partial charge on any atom is 0.416 e. The molecule has 1 aromatic carbocycles. The summed E-state index contributed by atoms with van der Waals surface area (Å²) in [6.07, 6.45) is 2.80. The molecule has 2 aliphatic rings. The third kappa shape index (κ3) is 7.00. The summed E-state index contributed by atoms with van der Waals surface area (Å²) >= 11 is 1.53. The minimum atomic E-state index is -4.47. The second-order valence-corrected chi connectivity index (χ2v) is 9.37. The number of rotatable bonds is 7. The second kappa shape index (κ2) is 10.9. The Morgan fingerprint density at radius 1 is 1.13 bits per heavy atom. The predicted octanol–water partition coefficient (Wildman–Crippen LogP) is 4.39. The zero-order valence-electron chi connectivity index (χ0n) is 17.9. The van der Waals surface area contributed by atoms with Gasteiger partial charge in [-0.2, -0.15) is 24.9 Å². The molecule has 1 saturated carbocycles. The first-order valence-electron chi connectivity index (χ1n) is 10.9. The monoisotopic (exact) mass is 461 g/mol. The van der Waals surface area contributed by atoms with E-state index in [-0.39, 0.29) is 11.6 Å². The number of amides is 1. The first kappa shape index (κ1) is 24.2. The van der Waals surface area contributed by atoms with Crippen molar-refractivity contribution in [3.05, 3.63) is 29.6 Å². The van der Waals surface area contributed by atoms with Crippen molar-refractivity contribution < 1.29 is 22.4 Å². The number of halogens is 4. The van der Waals surface area contributed by atoms with Gasteiger partial charge in [-0.15, -0.1) is 0 Å². The number of benzene rings is 1. The van der Waals surface area contributed by atoms with Crippen molar-refractivity contribution in [2.45, 2.75) is 44.3 Å². The van der Waals surface area contributed by atoms with Gasteiger partial charge in [0.25, 0.3) is 0 Å². The third-order valence-electron chi connectivity index (χ3n) is 6.33. The predicted molar refractivity (Wildman–Crippen MR) is 117 cm³/mol. The largest absolute Gasteiger partial charge is 0.416 e. The van der Waals surface area contributed by atoms with Crippen LogP contribution < -0.4 is 10.2 Å². The van der Waals surface area contributed by atoms with Crippen LogP contribution in [0.1, 0.15) is 37.7 Å². The summed E-state index contributed by atoms with van der Waals surface area (Å²) in [5.74, 6) is 0.664. The van der Waals surface area contributed by atoms with Crippen LogP contribution in [0.2, 0.25) is 0 Å². The van der Waals surface area contributed by atoms with E-state index in [0.29, 0.717) is 30.8 Å². The number of piperazine rings is 1. The van der Waals surface area contributed by atoms with Crippen LogP contribution in [0.5, 0.6) is 0 Å². The molecule has 1 N–H and O–H groups in total. The first-order valence-corrected chi connectivity index (χ1v) is 12.3. The van der Waals surface area contributed by atoms with E-state index in [1.165, 1.54) is 11.8 Å². The maximum atomic E-state index is 14.1. The molecular formula is C22H31F4N3OS. The van der Waals surface area contributed by atoms with Crippen molar-refractivity contribution in [2.24, 2.45) is 5.92 Å². The van der Waals surface area contributed by atoms with Gasteiger partial charge in [0.2, 0.25) is 5.91 Å². The van der Waals surface area contributed by atoms with Gasteiger partial charge in [-0.25, -0.2) is 4.39 Å². The van der Waals surface area contributed by atoms with Crippen molar-refractivity contribution in [3.8, 4) is 0 Å². The molecule has 0 radical (unpaired) electrons. The molecule has 0 aromatic heterocycles. The summed E-state index contributed by atoms with van der Waals surface area (Å²) in [5, 5.41) is 3.11. The number of thioether (sulfide) groups is 1. The maximum absolute atomic E-state index is 14.1. The molecule has 9 heteroatoms. The smallest absolute Gasteiger partial charge is 0.367 e. The lowest BCUT2D eigenvalue weighted by atomic mass is 9.84. The molecule has 1 aromatic rings. The number of nitrogens with one attached hydrogen (secondary N) is 1. The highest BCUT2D eigenvalue weighted by Crippen LogP contribution is 2.33. The second-order valence-electron chi connectivity index (χ2n) is 8.50. The molecule has 0 spiro atoms. The van der Waals surface area contributed by atoms with Gasteiger partial charge < -0.3 is 10.2 Å². The minimum Gasteiger partial charge on any atom is -0.367 e. The van der Waals surface area contributed by atoms with E-state index in [2.05, 4.69) is 10.2 Å². The summed E-state index contributed by atoms with van der Waals surface area (Å²) in [7, 11) is 0. The Morgan fingerprint density at radius 3 is 2.42 bits per heavy atom. The van der Waals surface area contributed by atoms with Crippen LogP contribution in [-0.2, 0) is 11.0 Å². The Hall–Kier alpha value is -1.48. The van der Waals surface area contributed by atoms with E-state index in [9.17, 15) is 22.4 Å². The average molecular weight is 462 g/mol. The summed E-state index contributed by atoms with van der Waals surface area (Å²) in [4.78, 5) is 15.7. The molecule has 3 rings (SSSR count). The highest BCUT2D eigenvalue weighted by molar-refractivity contribution is 7.99. The molecular weight excluding hydrogens is 430 g/mol. The van der Waals surface area contributed by atoms with Gasteiger partial charge >= 0.3 is 6.18 Å². The molecule has 174 valence electrons. The lowest BCUT2D eigenvalue weighted by Gasteiger charge is -2.37. The SMILES string of the molecule is CSCC(=O)NC1CCC(CCN2CCN(c3cc(C(F)(F)F)ccc3F)CC2)CC1. The van der Waals surface area contributed by atoms with Gasteiger partial charge in [0.1, 0.15) is 5.82 Å². The molecule has 2 fully saturated rings. The Balaban J connectivity index is 1.40. The Labute approximate surface area is 185 Å². The number of alkyl halides is 3. The van der Waals surface area contributed by atoms with Gasteiger partial charge in [0, 0.05) is 32.2 Å². The van der Waals surface area contributed by atoms with Crippen LogP contribution in [0.4, 0.5) is 23.2 Å². The Kier molecular flexibility index (Phi) is 8.50. The van der Waals surface area contributed by atoms with Gasteiger partial charge in [-0.1, -0.05) is 0 Å². The fourth-order valence-corrected chi connectivity index (χ4v) is 4.85. The number of nitrogens with zero attached hydrogens (tertiary/aromatic N) is 2.